The summed E-state index contributed by atoms with van der Waals surface area (Å²) in [6.07, 6.45) is 3.48. The van der Waals surface area contributed by atoms with Crippen LogP contribution in [0.15, 0.2) is 54.2 Å². The number of thiazole rings is 1. The number of carbonyl (C=O) groups is 1. The Morgan fingerprint density at radius 2 is 1.86 bits per heavy atom. The van der Waals surface area contributed by atoms with E-state index in [0.717, 1.165) is 21.8 Å². The molecule has 2 aromatic heterocycles. The van der Waals surface area contributed by atoms with E-state index in [4.69, 9.17) is 0 Å². The number of pyridine rings is 1. The van der Waals surface area contributed by atoms with Gasteiger partial charge in [-0.05, 0) is 17.7 Å². The minimum Gasteiger partial charge on any atom is -0.545 e. The molecule has 0 aliphatic carbocycles. The molecule has 0 aliphatic heterocycles. The summed E-state index contributed by atoms with van der Waals surface area (Å²) in [7, 11) is 0. The molecule has 0 bridgehead atoms. The van der Waals surface area contributed by atoms with Gasteiger partial charge in [-0.2, -0.15) is 0 Å². The topological polar surface area (TPSA) is 65.9 Å². The Morgan fingerprint density at radius 3 is 2.48 bits per heavy atom. The smallest absolute Gasteiger partial charge is 0.545 e. The Morgan fingerprint density at radius 1 is 1.10 bits per heavy atom. The maximum atomic E-state index is 10.7. The first-order valence-electron chi connectivity index (χ1n) is 5.92. The first kappa shape index (κ1) is 15.9. The number of carboxylic acid groups (broad SMARTS) is 1. The van der Waals surface area contributed by atoms with Crippen LogP contribution in [0.4, 0.5) is 0 Å². The number of rotatable bonds is 3. The van der Waals surface area contributed by atoms with Crippen molar-refractivity contribution in [2.24, 2.45) is 0 Å². The van der Waals surface area contributed by atoms with Crippen LogP contribution >= 0.6 is 11.3 Å². The number of hydrogen-bond donors (Lipinski definition) is 0. The predicted molar refractivity (Wildman–Crippen MR) is 75.1 cm³/mol. The predicted octanol–water partition coefficient (Wildman–Crippen LogP) is -0.760. The van der Waals surface area contributed by atoms with Crippen LogP contribution in [0.3, 0.4) is 0 Å². The van der Waals surface area contributed by atoms with Crippen molar-refractivity contribution >= 4 is 17.3 Å². The van der Waals surface area contributed by atoms with Crippen LogP contribution in [0.2, 0.25) is 0 Å². The first-order chi connectivity index (χ1) is 9.74. The SMILES string of the molecule is O=C([O-])c1ccc(-c2nc(-c3cccnc3)cs2)cc1.[Na+]. The average molecular weight is 304 g/mol. The molecular formula is C15H9N2NaO2S. The number of aromatic carboxylic acids is 1. The third-order valence-electron chi connectivity index (χ3n) is 2.83. The summed E-state index contributed by atoms with van der Waals surface area (Å²) in [5.41, 5.74) is 2.87. The Labute approximate surface area is 147 Å². The number of carboxylic acids is 1. The Bertz CT molecular complexity index is 742. The molecule has 0 saturated carbocycles. The van der Waals surface area contributed by atoms with Crippen molar-refractivity contribution in [1.82, 2.24) is 9.97 Å². The molecule has 0 spiro atoms. The third kappa shape index (κ3) is 3.57. The van der Waals surface area contributed by atoms with Crippen LogP contribution in [-0.4, -0.2) is 15.9 Å². The van der Waals surface area contributed by atoms with E-state index in [0.29, 0.717) is 0 Å². The molecule has 3 aromatic rings. The van der Waals surface area contributed by atoms with Crippen molar-refractivity contribution in [2.45, 2.75) is 0 Å². The fourth-order valence-corrected chi connectivity index (χ4v) is 2.64. The zero-order valence-corrected chi connectivity index (χ0v) is 14.1. The van der Waals surface area contributed by atoms with Crippen LogP contribution in [0, 0.1) is 0 Å². The van der Waals surface area contributed by atoms with E-state index in [1.165, 1.54) is 23.5 Å². The molecule has 3 rings (SSSR count). The minimum absolute atomic E-state index is 0. The summed E-state index contributed by atoms with van der Waals surface area (Å²) in [4.78, 5) is 19.3. The molecule has 0 amide bonds. The molecule has 4 nitrogen and oxygen atoms in total. The number of aromatic nitrogens is 2. The van der Waals surface area contributed by atoms with Gasteiger partial charge in [0.15, 0.2) is 0 Å². The van der Waals surface area contributed by atoms with Gasteiger partial charge in [0.25, 0.3) is 0 Å². The third-order valence-corrected chi connectivity index (χ3v) is 3.72. The van der Waals surface area contributed by atoms with Crippen LogP contribution in [0.1, 0.15) is 10.4 Å². The van der Waals surface area contributed by atoms with Crippen LogP contribution in [0.5, 0.6) is 0 Å². The van der Waals surface area contributed by atoms with Gasteiger partial charge in [0.1, 0.15) is 5.01 Å². The van der Waals surface area contributed by atoms with Gasteiger partial charge in [0, 0.05) is 28.9 Å². The quantitative estimate of drug-likeness (QED) is 0.597. The summed E-state index contributed by atoms with van der Waals surface area (Å²) in [6.45, 7) is 0. The van der Waals surface area contributed by atoms with Gasteiger partial charge in [-0.25, -0.2) is 4.98 Å². The van der Waals surface area contributed by atoms with Crippen molar-refractivity contribution in [1.29, 1.82) is 0 Å². The molecule has 0 radical (unpaired) electrons. The molecule has 0 unspecified atom stereocenters. The van der Waals surface area contributed by atoms with Gasteiger partial charge in [-0.3, -0.25) is 4.98 Å². The van der Waals surface area contributed by atoms with E-state index in [2.05, 4.69) is 9.97 Å². The van der Waals surface area contributed by atoms with Crippen molar-refractivity contribution in [2.75, 3.05) is 0 Å². The molecule has 0 atom stereocenters. The zero-order valence-electron chi connectivity index (χ0n) is 11.3. The zero-order chi connectivity index (χ0) is 13.9. The fraction of sp³-hybridized carbons (Fsp3) is 0. The second kappa shape index (κ2) is 6.95. The molecule has 21 heavy (non-hydrogen) atoms. The Hall–Kier alpha value is -1.53. The van der Waals surface area contributed by atoms with Crippen LogP contribution < -0.4 is 34.7 Å². The van der Waals surface area contributed by atoms with Gasteiger partial charge in [0.2, 0.25) is 0 Å². The van der Waals surface area contributed by atoms with Crippen LogP contribution in [0.25, 0.3) is 21.8 Å². The second-order valence-electron chi connectivity index (χ2n) is 4.14. The van der Waals surface area contributed by atoms with E-state index < -0.39 is 5.97 Å². The summed E-state index contributed by atoms with van der Waals surface area (Å²) in [6, 6.07) is 10.3. The largest absolute Gasteiger partial charge is 1.00 e. The van der Waals surface area contributed by atoms with Gasteiger partial charge < -0.3 is 9.90 Å². The molecule has 6 heteroatoms. The molecular weight excluding hydrogens is 295 g/mol. The van der Waals surface area contributed by atoms with Gasteiger partial charge in [0.05, 0.1) is 11.7 Å². The maximum Gasteiger partial charge on any atom is 1.00 e. The van der Waals surface area contributed by atoms with Gasteiger partial charge >= 0.3 is 29.6 Å². The average Bonchev–Trinajstić information content (AvgIpc) is 2.98. The van der Waals surface area contributed by atoms with Gasteiger partial charge in [-0.15, -0.1) is 11.3 Å². The van der Waals surface area contributed by atoms with Crippen LogP contribution in [-0.2, 0) is 0 Å². The number of benzene rings is 1. The summed E-state index contributed by atoms with van der Waals surface area (Å²) in [5.74, 6) is -1.17. The van der Waals surface area contributed by atoms with E-state index in [9.17, 15) is 9.90 Å². The normalized spacial score (nSPS) is 9.90. The van der Waals surface area contributed by atoms with E-state index in [1.807, 2.05) is 17.5 Å². The molecule has 0 fully saturated rings. The fourth-order valence-electron chi connectivity index (χ4n) is 1.80. The summed E-state index contributed by atoms with van der Waals surface area (Å²) >= 11 is 1.51. The summed E-state index contributed by atoms with van der Waals surface area (Å²) in [5, 5.41) is 13.5. The molecule has 2 heterocycles. The summed E-state index contributed by atoms with van der Waals surface area (Å²) < 4.78 is 0. The van der Waals surface area contributed by atoms with Gasteiger partial charge in [-0.1, -0.05) is 24.3 Å². The van der Waals surface area contributed by atoms with E-state index in [-0.39, 0.29) is 35.1 Å². The monoisotopic (exact) mass is 304 g/mol. The van der Waals surface area contributed by atoms with Crippen molar-refractivity contribution in [3.63, 3.8) is 0 Å². The molecule has 0 saturated heterocycles. The molecule has 1 aromatic carbocycles. The van der Waals surface area contributed by atoms with E-state index >= 15 is 0 Å². The molecule has 0 N–H and O–H groups in total. The maximum absolute atomic E-state index is 10.7. The molecule has 0 aliphatic rings. The standard InChI is InChI=1S/C15H10N2O2S.Na/c18-15(19)11-5-3-10(4-6-11)14-17-13(9-20-14)12-2-1-7-16-8-12;/h1-9H,(H,18,19);/q;+1/p-1. The Balaban J connectivity index is 0.00000161. The number of hydrogen-bond acceptors (Lipinski definition) is 5. The van der Waals surface area contributed by atoms with E-state index in [1.54, 1.807) is 24.5 Å². The van der Waals surface area contributed by atoms with Crippen molar-refractivity contribution < 1.29 is 39.5 Å². The second-order valence-corrected chi connectivity index (χ2v) is 5.00. The number of nitrogens with zero attached hydrogens (tertiary/aromatic N) is 2. The van der Waals surface area contributed by atoms with Crippen molar-refractivity contribution in [3.8, 4) is 21.8 Å². The minimum atomic E-state index is -1.17. The number of carbonyl (C=O) groups excluding carboxylic acids is 1. The first-order valence-corrected chi connectivity index (χ1v) is 6.80. The Kier molecular flexibility index (Phi) is 5.25. The van der Waals surface area contributed by atoms with Crippen molar-refractivity contribution in [3.05, 3.63) is 59.7 Å². The molecule has 98 valence electrons.